The number of hydrogen-bond acceptors (Lipinski definition) is 14. The van der Waals surface area contributed by atoms with Crippen molar-refractivity contribution in [3.05, 3.63) is 133 Å². The van der Waals surface area contributed by atoms with Crippen LogP contribution in [0.5, 0.6) is 5.75 Å². The molecule has 77 heavy (non-hydrogen) atoms. The monoisotopic (exact) mass is 1110 g/mol. The third-order valence-corrected chi connectivity index (χ3v) is 16.3. The van der Waals surface area contributed by atoms with Crippen molar-refractivity contribution in [2.45, 2.75) is 118 Å². The summed E-state index contributed by atoms with van der Waals surface area (Å²) in [6, 6.07) is 20.0. The number of thiophene rings is 1. The van der Waals surface area contributed by atoms with Gasteiger partial charge in [-0.25, -0.2) is 4.98 Å². The highest BCUT2D eigenvalue weighted by Crippen LogP contribution is 2.40. The largest absolute Gasteiger partial charge is 0.494 e. The Morgan fingerprint density at radius 1 is 0.818 bits per heavy atom. The number of likely N-dealkylation sites (tertiary alicyclic amines) is 1. The number of halogens is 1. The highest BCUT2D eigenvalue weighted by Gasteiger charge is 2.45. The number of ether oxygens (including phenoxy) is 3. The topological polar surface area (TPSA) is 211 Å². The minimum absolute atomic E-state index is 0.0285. The fourth-order valence-corrected chi connectivity index (χ4v) is 11.7. The van der Waals surface area contributed by atoms with E-state index < -0.39 is 41.5 Å². The molecule has 4 N–H and O–H groups in total. The number of nitrogens with one attached hydrogen (secondary N) is 3. The molecule has 2 aliphatic rings. The van der Waals surface area contributed by atoms with E-state index in [0.29, 0.717) is 36.2 Å². The Hall–Kier alpha value is -6.35. The second-order valence-electron chi connectivity index (χ2n) is 20.7. The van der Waals surface area contributed by atoms with Crippen molar-refractivity contribution in [1.82, 2.24) is 40.6 Å². The number of thiazole rings is 1. The van der Waals surface area contributed by atoms with E-state index >= 15 is 0 Å². The van der Waals surface area contributed by atoms with Crippen LogP contribution >= 0.6 is 34.3 Å². The number of hydrogen-bond donors (Lipinski definition) is 4. The number of carbonyl (C=O) groups excluding carboxylic acids is 4. The van der Waals surface area contributed by atoms with E-state index in [1.165, 1.54) is 9.78 Å². The fraction of sp³-hybridized carbons (Fsp3) is 0.439. The number of benzene rings is 3. The SMILES string of the molecule is Cc1ncsc1-c1ccc(C(C)NC(=O)[C@@H]2C[C@@H](O)CN2C(=O)C(NC(=O)COCCOCCCOc2ccc([C@@H](C)NC(=O)C[C@@H]3N=C(c4ccc(Cl)cc4)c4c(sc(C)c4C)-n4c(C)nnc43)cc2)C(C)(C)C)cc1. The standard InChI is InChI=1S/C57H68ClN9O8S2/c1-32-36(5)77-56-49(32)50(40-15-19-42(58)20-16-40)62-45(53-65-64-37(6)67(53)56)28-47(69)60-33(2)39-17-21-44(22-18-39)75-24-10-23-73-25-26-74-30-48(70)63-52(57(7,8)9)55(72)66-29-43(68)27-46(66)54(71)61-34(3)38-11-13-41(14-12-38)51-35(4)59-31-76-51/h11-22,31,33-34,43,45-46,52,68H,10,23-30H2,1-9H3,(H,60,69)(H,61,71)(H,63,70)/t33-,34?,43-,45+,46+,52?/m1/s1. The van der Waals surface area contributed by atoms with Crippen molar-refractivity contribution in [2.75, 3.05) is 39.6 Å². The molecule has 5 heterocycles. The molecular weight excluding hydrogens is 1040 g/mol. The van der Waals surface area contributed by atoms with Crippen molar-refractivity contribution in [3.63, 3.8) is 0 Å². The number of β-amino-alcohol motifs (C(OH)–C–C–N with tert-alkyl or cyclic N) is 1. The molecule has 2 aliphatic heterocycles. The fourth-order valence-electron chi connectivity index (χ4n) is 9.50. The molecule has 20 heteroatoms. The van der Waals surface area contributed by atoms with Gasteiger partial charge in [0.05, 0.1) is 66.2 Å². The number of aryl methyl sites for hydroxylation is 3. The summed E-state index contributed by atoms with van der Waals surface area (Å²) in [6.45, 7) is 18.3. The molecule has 0 spiro atoms. The van der Waals surface area contributed by atoms with E-state index in [4.69, 9.17) is 30.8 Å². The maximum absolute atomic E-state index is 14.1. The molecule has 408 valence electrons. The van der Waals surface area contributed by atoms with Crippen LogP contribution in [0.1, 0.15) is 122 Å². The van der Waals surface area contributed by atoms with E-state index in [-0.39, 0.29) is 63.1 Å². The molecular formula is C57H68ClN9O8S2. The summed E-state index contributed by atoms with van der Waals surface area (Å²) in [5.74, 6) is 0.530. The molecule has 3 aromatic carbocycles. The third kappa shape index (κ3) is 13.7. The molecule has 8 rings (SSSR count). The van der Waals surface area contributed by atoms with Crippen molar-refractivity contribution in [3.8, 4) is 21.2 Å². The molecule has 0 aliphatic carbocycles. The Bertz CT molecular complexity index is 3080. The van der Waals surface area contributed by atoms with Crippen LogP contribution in [-0.2, 0) is 28.7 Å². The summed E-state index contributed by atoms with van der Waals surface area (Å²) >= 11 is 9.50. The number of carbonyl (C=O) groups is 4. The normalized spacial score (nSPS) is 17.4. The van der Waals surface area contributed by atoms with E-state index in [2.05, 4.69) is 45.0 Å². The van der Waals surface area contributed by atoms with Crippen molar-refractivity contribution >= 4 is 63.6 Å². The lowest BCUT2D eigenvalue weighted by Crippen LogP contribution is -2.58. The number of aromatic nitrogens is 4. The average Bonchev–Trinajstić information content (AvgIpc) is 4.21. The number of rotatable bonds is 21. The first-order valence-electron chi connectivity index (χ1n) is 25.9. The van der Waals surface area contributed by atoms with Gasteiger partial charge in [0.2, 0.25) is 23.6 Å². The Labute approximate surface area is 462 Å². The molecule has 6 atom stereocenters. The number of aliphatic hydroxyl groups is 1. The quantitative estimate of drug-likeness (QED) is 0.0501. The first-order valence-corrected chi connectivity index (χ1v) is 28.0. The van der Waals surface area contributed by atoms with Crippen LogP contribution in [0.25, 0.3) is 15.4 Å². The summed E-state index contributed by atoms with van der Waals surface area (Å²) in [5.41, 5.74) is 8.72. The lowest BCUT2D eigenvalue weighted by molar-refractivity contribution is -0.144. The molecule has 0 bridgehead atoms. The van der Waals surface area contributed by atoms with Crippen molar-refractivity contribution < 1.29 is 38.5 Å². The lowest BCUT2D eigenvalue weighted by Gasteiger charge is -2.35. The van der Waals surface area contributed by atoms with Gasteiger partial charge in [0.1, 0.15) is 41.3 Å². The van der Waals surface area contributed by atoms with Gasteiger partial charge in [-0.05, 0) is 93.5 Å². The molecule has 6 aromatic rings. The zero-order chi connectivity index (χ0) is 55.1. The average molecular weight is 1110 g/mol. The molecule has 1 saturated heterocycles. The predicted octanol–water partition coefficient (Wildman–Crippen LogP) is 8.67. The Morgan fingerprint density at radius 3 is 2.16 bits per heavy atom. The van der Waals surface area contributed by atoms with Gasteiger partial charge >= 0.3 is 0 Å². The van der Waals surface area contributed by atoms with Crippen LogP contribution in [0.2, 0.25) is 5.02 Å². The summed E-state index contributed by atoms with van der Waals surface area (Å²) in [7, 11) is 0. The Balaban J connectivity index is 0.739. The smallest absolute Gasteiger partial charge is 0.246 e. The zero-order valence-electron chi connectivity index (χ0n) is 45.0. The van der Waals surface area contributed by atoms with Gasteiger partial charge in [-0.15, -0.1) is 32.9 Å². The van der Waals surface area contributed by atoms with Gasteiger partial charge in [-0.1, -0.05) is 80.9 Å². The van der Waals surface area contributed by atoms with Crippen LogP contribution in [0, 0.1) is 33.1 Å². The van der Waals surface area contributed by atoms with E-state index in [1.807, 2.05) is 131 Å². The number of nitrogens with zero attached hydrogens (tertiary/aromatic N) is 6. The summed E-state index contributed by atoms with van der Waals surface area (Å²) in [5, 5.41) is 30.2. The molecule has 2 unspecified atom stereocenters. The van der Waals surface area contributed by atoms with Crippen molar-refractivity contribution in [2.24, 2.45) is 10.4 Å². The van der Waals surface area contributed by atoms with Crippen LogP contribution in [-0.4, -0.2) is 117 Å². The predicted molar refractivity (Wildman–Crippen MR) is 299 cm³/mol. The molecule has 3 aromatic heterocycles. The van der Waals surface area contributed by atoms with Gasteiger partial charge in [-0.2, -0.15) is 0 Å². The molecule has 1 fully saturated rings. The zero-order valence-corrected chi connectivity index (χ0v) is 47.4. The van der Waals surface area contributed by atoms with Crippen LogP contribution in [0.4, 0.5) is 0 Å². The van der Waals surface area contributed by atoms with Gasteiger partial charge < -0.3 is 40.2 Å². The minimum Gasteiger partial charge on any atom is -0.494 e. The highest BCUT2D eigenvalue weighted by molar-refractivity contribution is 7.15. The Kier molecular flexibility index (Phi) is 18.4. The number of fused-ring (bicyclic) bond motifs is 3. The van der Waals surface area contributed by atoms with Crippen LogP contribution in [0.3, 0.4) is 0 Å². The summed E-state index contributed by atoms with van der Waals surface area (Å²) < 4.78 is 19.3. The second kappa shape index (κ2) is 25.0. The summed E-state index contributed by atoms with van der Waals surface area (Å²) in [4.78, 5) is 67.8. The molecule has 17 nitrogen and oxygen atoms in total. The first kappa shape index (κ1) is 56.8. The van der Waals surface area contributed by atoms with Crippen LogP contribution in [0.15, 0.2) is 83.3 Å². The Morgan fingerprint density at radius 2 is 1.48 bits per heavy atom. The molecule has 0 saturated carbocycles. The minimum atomic E-state index is -0.982. The maximum atomic E-state index is 14.1. The highest BCUT2D eigenvalue weighted by atomic mass is 35.5. The van der Waals surface area contributed by atoms with Crippen molar-refractivity contribution in [1.29, 1.82) is 0 Å². The van der Waals surface area contributed by atoms with Gasteiger partial charge in [0.25, 0.3) is 0 Å². The summed E-state index contributed by atoms with van der Waals surface area (Å²) in [6.07, 6.45) is -0.126. The van der Waals surface area contributed by atoms with Crippen LogP contribution < -0.4 is 20.7 Å². The van der Waals surface area contributed by atoms with E-state index in [9.17, 15) is 24.3 Å². The van der Waals surface area contributed by atoms with Gasteiger partial charge in [-0.3, -0.25) is 28.7 Å². The lowest BCUT2D eigenvalue weighted by atomic mass is 9.85. The van der Waals surface area contributed by atoms with E-state index in [1.54, 1.807) is 22.7 Å². The number of aliphatic imine (C=N–C) groups is 1. The first-order chi connectivity index (χ1) is 36.8. The number of aliphatic hydroxyl groups excluding tert-OH is 1. The van der Waals surface area contributed by atoms with Gasteiger partial charge in [0, 0.05) is 47.0 Å². The van der Waals surface area contributed by atoms with Gasteiger partial charge in [0.15, 0.2) is 5.82 Å². The molecule has 0 radical (unpaired) electrons. The van der Waals surface area contributed by atoms with E-state index in [0.717, 1.165) is 60.5 Å². The number of amides is 4. The molecule has 4 amide bonds. The third-order valence-electron chi connectivity index (χ3n) is 13.9. The second-order valence-corrected chi connectivity index (χ2v) is 23.2. The maximum Gasteiger partial charge on any atom is 0.246 e.